The highest BCUT2D eigenvalue weighted by Crippen LogP contribution is 2.28. The van der Waals surface area contributed by atoms with Gasteiger partial charge in [0.05, 0.1) is 19.3 Å². The normalized spacial score (nSPS) is 9.57. The third-order valence-electron chi connectivity index (χ3n) is 3.11. The predicted molar refractivity (Wildman–Crippen MR) is 94.1 cm³/mol. The second-order valence-corrected chi connectivity index (χ2v) is 4.66. The number of carbonyl (C=O) groups excluding carboxylic acids is 1. The minimum atomic E-state index is -0.495. The lowest BCUT2D eigenvalue weighted by Crippen LogP contribution is -2.13. The highest BCUT2D eigenvalue weighted by Gasteiger charge is 2.11. The predicted octanol–water partition coefficient (Wildman–Crippen LogP) is 4.28. The van der Waals surface area contributed by atoms with E-state index in [1.54, 1.807) is 19.2 Å². The number of benzene rings is 2. The molecule has 0 spiro atoms. The molecule has 0 bridgehead atoms. The van der Waals surface area contributed by atoms with Crippen LogP contribution in [0.5, 0.6) is 11.5 Å². The molecule has 0 radical (unpaired) electrons. The van der Waals surface area contributed by atoms with Crippen LogP contribution in [0.1, 0.15) is 37.6 Å². The Morgan fingerprint density at radius 1 is 1.09 bits per heavy atom. The number of hydrogen-bond donors (Lipinski definition) is 1. The topological polar surface area (TPSA) is 61.6 Å². The van der Waals surface area contributed by atoms with Gasteiger partial charge in [0, 0.05) is 0 Å². The molecule has 0 aromatic heterocycles. The van der Waals surface area contributed by atoms with Crippen molar-refractivity contribution in [2.24, 2.45) is 5.73 Å². The Labute approximate surface area is 138 Å². The van der Waals surface area contributed by atoms with Crippen LogP contribution in [0, 0.1) is 0 Å². The highest BCUT2D eigenvalue weighted by molar-refractivity contribution is 5.97. The summed E-state index contributed by atoms with van der Waals surface area (Å²) in [5, 5.41) is 0. The van der Waals surface area contributed by atoms with Crippen LogP contribution in [0.15, 0.2) is 42.5 Å². The van der Waals surface area contributed by atoms with Gasteiger partial charge >= 0.3 is 0 Å². The van der Waals surface area contributed by atoms with Crippen LogP contribution in [0.25, 0.3) is 11.1 Å². The number of amides is 1. The van der Waals surface area contributed by atoms with Crippen LogP contribution in [-0.4, -0.2) is 19.6 Å². The number of primary amides is 1. The van der Waals surface area contributed by atoms with Crippen LogP contribution in [0.2, 0.25) is 0 Å². The number of hydrogen-bond acceptors (Lipinski definition) is 3. The van der Waals surface area contributed by atoms with Crippen molar-refractivity contribution in [3.63, 3.8) is 0 Å². The molecule has 0 aliphatic heterocycles. The van der Waals surface area contributed by atoms with Crippen molar-refractivity contribution in [1.82, 2.24) is 0 Å². The zero-order chi connectivity index (χ0) is 17.2. The minimum Gasteiger partial charge on any atom is -0.497 e. The molecule has 0 saturated carbocycles. The van der Waals surface area contributed by atoms with Crippen molar-refractivity contribution < 1.29 is 14.3 Å². The lowest BCUT2D eigenvalue weighted by molar-refractivity contribution is 0.0996. The maximum Gasteiger partial charge on any atom is 0.252 e. The highest BCUT2D eigenvalue weighted by atomic mass is 16.5. The third kappa shape index (κ3) is 5.02. The first-order valence-corrected chi connectivity index (χ1v) is 7.86. The van der Waals surface area contributed by atoms with Crippen LogP contribution in [0.4, 0.5) is 0 Å². The van der Waals surface area contributed by atoms with Gasteiger partial charge in [0.2, 0.25) is 0 Å². The van der Waals surface area contributed by atoms with Gasteiger partial charge in [-0.25, -0.2) is 0 Å². The second kappa shape index (κ2) is 9.51. The van der Waals surface area contributed by atoms with Gasteiger partial charge in [0.25, 0.3) is 5.91 Å². The van der Waals surface area contributed by atoms with Gasteiger partial charge in [-0.15, -0.1) is 0 Å². The zero-order valence-corrected chi connectivity index (χ0v) is 14.3. The van der Waals surface area contributed by atoms with Gasteiger partial charge in [0.1, 0.15) is 11.5 Å². The maximum absolute atomic E-state index is 11.6. The molecule has 4 nitrogen and oxygen atoms in total. The summed E-state index contributed by atoms with van der Waals surface area (Å²) in [6.07, 6.45) is 0.871. The van der Waals surface area contributed by atoms with E-state index in [-0.39, 0.29) is 0 Å². The molecule has 0 aliphatic rings. The van der Waals surface area contributed by atoms with Gasteiger partial charge < -0.3 is 15.2 Å². The van der Waals surface area contributed by atoms with E-state index in [4.69, 9.17) is 15.2 Å². The summed E-state index contributed by atoms with van der Waals surface area (Å²) in [4.78, 5) is 11.6. The summed E-state index contributed by atoms with van der Waals surface area (Å²) >= 11 is 0. The first-order valence-electron chi connectivity index (χ1n) is 7.86. The standard InChI is InChI=1S/C17H19NO3.C2H6/c1-3-9-21-16-8-7-13(11-15(16)17(18)19)12-5-4-6-14(10-12)20-2;1-2/h4-8,10-11H,3,9H2,1-2H3,(H2,18,19);1-2H3. The van der Waals surface area contributed by atoms with E-state index < -0.39 is 5.91 Å². The van der Waals surface area contributed by atoms with Crippen molar-refractivity contribution >= 4 is 5.91 Å². The van der Waals surface area contributed by atoms with Gasteiger partial charge in [-0.05, 0) is 41.8 Å². The largest absolute Gasteiger partial charge is 0.497 e. The molecule has 0 aliphatic carbocycles. The van der Waals surface area contributed by atoms with Crippen LogP contribution in [-0.2, 0) is 0 Å². The van der Waals surface area contributed by atoms with E-state index >= 15 is 0 Å². The molecule has 0 saturated heterocycles. The molecule has 0 atom stereocenters. The molecule has 0 fully saturated rings. The summed E-state index contributed by atoms with van der Waals surface area (Å²) in [6, 6.07) is 13.1. The first-order chi connectivity index (χ1) is 11.2. The van der Waals surface area contributed by atoms with Crippen molar-refractivity contribution in [2.75, 3.05) is 13.7 Å². The summed E-state index contributed by atoms with van der Waals surface area (Å²) in [5.41, 5.74) is 7.69. The summed E-state index contributed by atoms with van der Waals surface area (Å²) < 4.78 is 10.8. The second-order valence-electron chi connectivity index (χ2n) is 4.66. The van der Waals surface area contributed by atoms with Crippen LogP contribution < -0.4 is 15.2 Å². The van der Waals surface area contributed by atoms with E-state index in [9.17, 15) is 4.79 Å². The van der Waals surface area contributed by atoms with Crippen molar-refractivity contribution in [2.45, 2.75) is 27.2 Å². The number of nitrogens with two attached hydrogens (primary N) is 1. The van der Waals surface area contributed by atoms with E-state index in [1.165, 1.54) is 0 Å². The van der Waals surface area contributed by atoms with E-state index in [2.05, 4.69) is 0 Å². The lowest BCUT2D eigenvalue weighted by Gasteiger charge is -2.11. The first kappa shape index (κ1) is 18.6. The quantitative estimate of drug-likeness (QED) is 0.865. The molecule has 0 heterocycles. The number of methoxy groups -OCH3 is 1. The Kier molecular flexibility index (Phi) is 7.67. The summed E-state index contributed by atoms with van der Waals surface area (Å²) in [5.74, 6) is 0.793. The van der Waals surface area contributed by atoms with Crippen molar-refractivity contribution in [1.29, 1.82) is 0 Å². The van der Waals surface area contributed by atoms with Gasteiger partial charge in [0.15, 0.2) is 0 Å². The molecule has 2 N–H and O–H groups in total. The van der Waals surface area contributed by atoms with Gasteiger partial charge in [-0.3, -0.25) is 4.79 Å². The fourth-order valence-electron chi connectivity index (χ4n) is 2.04. The lowest BCUT2D eigenvalue weighted by atomic mass is 10.0. The van der Waals surface area contributed by atoms with Crippen LogP contribution >= 0.6 is 0 Å². The summed E-state index contributed by atoms with van der Waals surface area (Å²) in [6.45, 7) is 6.56. The molecule has 124 valence electrons. The Bertz CT molecular complexity index is 638. The fourth-order valence-corrected chi connectivity index (χ4v) is 2.04. The number of carbonyl (C=O) groups is 1. The third-order valence-corrected chi connectivity index (χ3v) is 3.11. The fraction of sp³-hybridized carbons (Fsp3) is 0.316. The smallest absolute Gasteiger partial charge is 0.252 e. The molecule has 2 rings (SSSR count). The minimum absolute atomic E-state index is 0.392. The van der Waals surface area contributed by atoms with Crippen molar-refractivity contribution in [3.05, 3.63) is 48.0 Å². The summed E-state index contributed by atoms with van der Waals surface area (Å²) in [7, 11) is 1.62. The number of rotatable bonds is 6. The average Bonchev–Trinajstić information content (AvgIpc) is 2.61. The Balaban J connectivity index is 0.00000127. The SMILES string of the molecule is CC.CCCOc1ccc(-c2cccc(OC)c2)cc1C(N)=O. The van der Waals surface area contributed by atoms with E-state index in [1.807, 2.05) is 51.1 Å². The molecule has 2 aromatic rings. The van der Waals surface area contributed by atoms with E-state index in [0.717, 1.165) is 23.3 Å². The Morgan fingerprint density at radius 3 is 2.39 bits per heavy atom. The molecule has 4 heteroatoms. The van der Waals surface area contributed by atoms with Gasteiger partial charge in [-0.2, -0.15) is 0 Å². The number of ether oxygens (including phenoxy) is 2. The molecule has 1 amide bonds. The molecule has 2 aromatic carbocycles. The maximum atomic E-state index is 11.6. The zero-order valence-electron chi connectivity index (χ0n) is 14.3. The van der Waals surface area contributed by atoms with Crippen molar-refractivity contribution in [3.8, 4) is 22.6 Å². The molecular weight excluding hydrogens is 290 g/mol. The molecule has 0 unspecified atom stereocenters. The average molecular weight is 315 g/mol. The molecule has 23 heavy (non-hydrogen) atoms. The Hall–Kier alpha value is -2.49. The molecular formula is C19H25NO3. The van der Waals surface area contributed by atoms with Crippen LogP contribution in [0.3, 0.4) is 0 Å². The van der Waals surface area contributed by atoms with Gasteiger partial charge in [-0.1, -0.05) is 39.0 Å². The van der Waals surface area contributed by atoms with E-state index in [0.29, 0.717) is 17.9 Å². The monoisotopic (exact) mass is 315 g/mol. The Morgan fingerprint density at radius 2 is 1.78 bits per heavy atom.